The summed E-state index contributed by atoms with van der Waals surface area (Å²) in [5.74, 6) is 1.23. The van der Waals surface area contributed by atoms with Gasteiger partial charge in [-0.25, -0.2) is 0 Å². The van der Waals surface area contributed by atoms with Crippen molar-refractivity contribution in [3.8, 4) is 5.75 Å². The lowest BCUT2D eigenvalue weighted by Gasteiger charge is -2.16. The van der Waals surface area contributed by atoms with E-state index in [0.29, 0.717) is 11.5 Å². The van der Waals surface area contributed by atoms with E-state index in [2.05, 4.69) is 26.5 Å². The normalized spacial score (nSPS) is 11.8. The summed E-state index contributed by atoms with van der Waals surface area (Å²) in [6.45, 7) is 14.0. The van der Waals surface area contributed by atoms with Gasteiger partial charge in [0.1, 0.15) is 12.0 Å². The Labute approximate surface area is 122 Å². The monoisotopic (exact) mass is 272 g/mol. The van der Waals surface area contributed by atoms with Crippen LogP contribution in [-0.4, -0.2) is 12.4 Å². The summed E-state index contributed by atoms with van der Waals surface area (Å²) in [6.07, 6.45) is 2.80. The first kappa shape index (κ1) is 16.2. The van der Waals surface area contributed by atoms with E-state index in [1.165, 1.54) is 0 Å². The highest BCUT2D eigenvalue weighted by atomic mass is 16.5. The molecule has 0 aliphatic heterocycles. The van der Waals surface area contributed by atoms with Crippen LogP contribution in [0, 0.1) is 12.8 Å². The second-order valence-corrected chi connectivity index (χ2v) is 5.59. The molecule has 2 heteroatoms. The molecule has 0 amide bonds. The van der Waals surface area contributed by atoms with Gasteiger partial charge in [-0.2, -0.15) is 0 Å². The largest absolute Gasteiger partial charge is 0.491 e. The molecule has 0 spiro atoms. The number of carbonyl (C=O) groups excluding carboxylic acids is 1. The van der Waals surface area contributed by atoms with Crippen LogP contribution >= 0.6 is 0 Å². The van der Waals surface area contributed by atoms with Crippen molar-refractivity contribution in [2.45, 2.75) is 40.7 Å². The van der Waals surface area contributed by atoms with Crippen molar-refractivity contribution in [3.63, 3.8) is 0 Å². The summed E-state index contributed by atoms with van der Waals surface area (Å²) in [7, 11) is 0. The molecule has 0 unspecified atom stereocenters. The van der Waals surface area contributed by atoms with Gasteiger partial charge in [0.25, 0.3) is 0 Å². The molecule has 108 valence electrons. The van der Waals surface area contributed by atoms with Crippen LogP contribution in [0.4, 0.5) is 0 Å². The lowest BCUT2D eigenvalue weighted by molar-refractivity contribution is -0.104. The molecular weight excluding hydrogens is 248 g/mol. The highest BCUT2D eigenvalue weighted by Gasteiger charge is 2.10. The predicted molar refractivity (Wildman–Crippen MR) is 85.0 cm³/mol. The zero-order chi connectivity index (χ0) is 15.3. The number of aryl methyl sites for hydroxylation is 1. The number of allylic oxidation sites excluding steroid dienone is 3. The molecule has 1 aromatic rings. The van der Waals surface area contributed by atoms with Crippen LogP contribution in [0.5, 0.6) is 5.75 Å². The second kappa shape index (κ2) is 7.09. The van der Waals surface area contributed by atoms with E-state index in [9.17, 15) is 4.79 Å². The molecule has 2 nitrogen and oxygen atoms in total. The van der Waals surface area contributed by atoms with Crippen molar-refractivity contribution in [1.82, 2.24) is 0 Å². The number of benzene rings is 1. The smallest absolute Gasteiger partial charge is 0.149 e. The third-order valence-corrected chi connectivity index (χ3v) is 2.99. The molecule has 0 aromatic heterocycles. The third-order valence-electron chi connectivity index (χ3n) is 2.99. The maximum atomic E-state index is 10.8. The van der Waals surface area contributed by atoms with E-state index in [1.807, 2.05) is 39.0 Å². The predicted octanol–water partition coefficient (Wildman–Crippen LogP) is 4.58. The fraction of sp³-hybridized carbons (Fsp3) is 0.389. The van der Waals surface area contributed by atoms with Gasteiger partial charge in [0, 0.05) is 5.57 Å². The van der Waals surface area contributed by atoms with Crippen molar-refractivity contribution < 1.29 is 9.53 Å². The first-order valence-electron chi connectivity index (χ1n) is 6.98. The average Bonchev–Trinajstić information content (AvgIpc) is 2.37. The van der Waals surface area contributed by atoms with E-state index in [1.54, 1.807) is 0 Å². The zero-order valence-corrected chi connectivity index (χ0v) is 13.1. The van der Waals surface area contributed by atoms with Gasteiger partial charge in [-0.3, -0.25) is 4.79 Å². The van der Waals surface area contributed by atoms with Crippen LogP contribution in [-0.2, 0) is 4.79 Å². The average molecular weight is 272 g/mol. The van der Waals surface area contributed by atoms with Crippen LogP contribution in [0.25, 0.3) is 5.57 Å². The molecule has 0 aliphatic rings. The first-order valence-corrected chi connectivity index (χ1v) is 6.98. The Morgan fingerprint density at radius 2 is 1.90 bits per heavy atom. The summed E-state index contributed by atoms with van der Waals surface area (Å²) >= 11 is 0. The van der Waals surface area contributed by atoms with Gasteiger partial charge in [0.15, 0.2) is 0 Å². The summed E-state index contributed by atoms with van der Waals surface area (Å²) < 4.78 is 5.75. The molecular formula is C18H24O2. The summed E-state index contributed by atoms with van der Waals surface area (Å²) in [5, 5.41) is 0. The molecule has 0 N–H and O–H groups in total. The Morgan fingerprint density at radius 3 is 2.35 bits per heavy atom. The van der Waals surface area contributed by atoms with Gasteiger partial charge < -0.3 is 4.74 Å². The molecule has 0 heterocycles. The molecule has 1 rings (SSSR count). The van der Waals surface area contributed by atoms with Gasteiger partial charge >= 0.3 is 0 Å². The van der Waals surface area contributed by atoms with E-state index >= 15 is 0 Å². The molecule has 0 saturated carbocycles. The number of hydrogen-bond donors (Lipinski definition) is 0. The van der Waals surface area contributed by atoms with Crippen molar-refractivity contribution in [1.29, 1.82) is 0 Å². The summed E-state index contributed by atoms with van der Waals surface area (Å²) in [5.41, 5.74) is 3.81. The Balaban J connectivity index is 3.17. The minimum absolute atomic E-state index is 0.162. The SMILES string of the molecule is C=C(C=O)/C=C(/c1ccc(OC(C)C)c(C)c1)C(C)C. The van der Waals surface area contributed by atoms with Crippen molar-refractivity contribution in [3.05, 3.63) is 47.6 Å². The topological polar surface area (TPSA) is 26.3 Å². The number of aldehydes is 1. The molecule has 0 fully saturated rings. The minimum Gasteiger partial charge on any atom is -0.491 e. The van der Waals surface area contributed by atoms with Crippen LogP contribution < -0.4 is 4.74 Å². The quantitative estimate of drug-likeness (QED) is 0.430. The summed E-state index contributed by atoms with van der Waals surface area (Å²) in [6, 6.07) is 6.13. The van der Waals surface area contributed by atoms with Crippen molar-refractivity contribution in [2.24, 2.45) is 5.92 Å². The van der Waals surface area contributed by atoms with Gasteiger partial charge in [-0.15, -0.1) is 0 Å². The molecule has 0 aliphatic carbocycles. The van der Waals surface area contributed by atoms with Gasteiger partial charge in [-0.1, -0.05) is 26.5 Å². The molecule has 0 atom stereocenters. The van der Waals surface area contributed by atoms with Crippen molar-refractivity contribution >= 4 is 11.9 Å². The van der Waals surface area contributed by atoms with Crippen LogP contribution in [0.3, 0.4) is 0 Å². The Kier molecular flexibility index (Phi) is 5.75. The third kappa shape index (κ3) is 4.37. The van der Waals surface area contributed by atoms with Gasteiger partial charge in [-0.05, 0) is 61.6 Å². The molecule has 0 bridgehead atoms. The second-order valence-electron chi connectivity index (χ2n) is 5.59. The minimum atomic E-state index is 0.162. The fourth-order valence-electron chi connectivity index (χ4n) is 2.03. The van der Waals surface area contributed by atoms with E-state index in [4.69, 9.17) is 4.74 Å². The van der Waals surface area contributed by atoms with E-state index < -0.39 is 0 Å². The molecule has 1 aromatic carbocycles. The lowest BCUT2D eigenvalue weighted by atomic mass is 9.92. The Hall–Kier alpha value is -1.83. The fourth-order valence-corrected chi connectivity index (χ4v) is 2.03. The maximum absolute atomic E-state index is 10.8. The Morgan fingerprint density at radius 1 is 1.25 bits per heavy atom. The number of rotatable bonds is 6. The Bertz CT molecular complexity index is 522. The van der Waals surface area contributed by atoms with E-state index in [-0.39, 0.29) is 6.10 Å². The van der Waals surface area contributed by atoms with Crippen LogP contribution in [0.1, 0.15) is 38.8 Å². The number of hydrogen-bond acceptors (Lipinski definition) is 2. The summed E-state index contributed by atoms with van der Waals surface area (Å²) in [4.78, 5) is 10.8. The molecule has 20 heavy (non-hydrogen) atoms. The van der Waals surface area contributed by atoms with Gasteiger partial charge in [0.05, 0.1) is 6.10 Å². The van der Waals surface area contributed by atoms with Crippen molar-refractivity contribution in [2.75, 3.05) is 0 Å². The molecule has 0 radical (unpaired) electrons. The number of carbonyl (C=O) groups is 1. The van der Waals surface area contributed by atoms with Crippen LogP contribution in [0.2, 0.25) is 0 Å². The number of ether oxygens (including phenoxy) is 1. The standard InChI is InChI=1S/C18H24O2/c1-12(2)17(9-14(5)11-19)16-7-8-18(15(6)10-16)20-13(3)4/h7-13H,5H2,1-4,6H3/b17-9+. The maximum Gasteiger partial charge on any atom is 0.149 e. The molecule has 0 saturated heterocycles. The van der Waals surface area contributed by atoms with Crippen LogP contribution in [0.15, 0.2) is 36.4 Å². The highest BCUT2D eigenvalue weighted by Crippen LogP contribution is 2.29. The van der Waals surface area contributed by atoms with Gasteiger partial charge in [0.2, 0.25) is 0 Å². The lowest BCUT2D eigenvalue weighted by Crippen LogP contribution is -2.07. The van der Waals surface area contributed by atoms with E-state index in [0.717, 1.165) is 28.7 Å². The zero-order valence-electron chi connectivity index (χ0n) is 13.1. The first-order chi connectivity index (χ1) is 9.35. The highest BCUT2D eigenvalue weighted by molar-refractivity contribution is 5.83.